The van der Waals surface area contributed by atoms with Crippen molar-refractivity contribution in [1.29, 1.82) is 0 Å². The van der Waals surface area contributed by atoms with Crippen LogP contribution in [0.4, 0.5) is 0 Å². The van der Waals surface area contributed by atoms with Gasteiger partial charge in [-0.3, -0.25) is 4.90 Å². The van der Waals surface area contributed by atoms with Crippen molar-refractivity contribution in [2.75, 3.05) is 37.7 Å². The molecule has 3 heteroatoms. The Hall–Kier alpha value is 0.270. The molecule has 2 unspecified atom stereocenters. The van der Waals surface area contributed by atoms with E-state index >= 15 is 0 Å². The molecule has 0 aliphatic carbocycles. The molecule has 0 aromatic carbocycles. The lowest BCUT2D eigenvalue weighted by Crippen LogP contribution is -2.42. The summed E-state index contributed by atoms with van der Waals surface area (Å²) >= 11 is 2.13. The fourth-order valence-electron chi connectivity index (χ4n) is 2.62. The second-order valence-electron chi connectivity index (χ2n) is 4.96. The number of piperidine rings is 1. The first kappa shape index (κ1) is 11.7. The van der Waals surface area contributed by atoms with Gasteiger partial charge >= 0.3 is 0 Å². The van der Waals surface area contributed by atoms with E-state index < -0.39 is 0 Å². The Balaban J connectivity index is 1.79. The highest BCUT2D eigenvalue weighted by atomic mass is 32.2. The molecule has 2 nitrogen and oxygen atoms in total. The Morgan fingerprint density at radius 2 is 2.27 bits per heavy atom. The van der Waals surface area contributed by atoms with Crippen molar-refractivity contribution in [3.8, 4) is 0 Å². The van der Waals surface area contributed by atoms with Crippen molar-refractivity contribution < 1.29 is 0 Å². The van der Waals surface area contributed by atoms with Crippen molar-refractivity contribution in [1.82, 2.24) is 10.2 Å². The second-order valence-corrected chi connectivity index (χ2v) is 6.18. The third kappa shape index (κ3) is 3.65. The summed E-state index contributed by atoms with van der Waals surface area (Å²) in [7, 11) is 0. The van der Waals surface area contributed by atoms with Gasteiger partial charge in [0.05, 0.1) is 0 Å². The minimum absolute atomic E-state index is 0.807. The predicted octanol–water partition coefficient (Wildman–Crippen LogP) is 1.81. The van der Waals surface area contributed by atoms with Crippen LogP contribution in [0.1, 0.15) is 26.2 Å². The van der Waals surface area contributed by atoms with Gasteiger partial charge in [0.2, 0.25) is 0 Å². The summed E-state index contributed by atoms with van der Waals surface area (Å²) in [6.07, 6.45) is 4.19. The van der Waals surface area contributed by atoms with Crippen LogP contribution in [0.25, 0.3) is 0 Å². The molecule has 88 valence electrons. The average molecular weight is 228 g/mol. The lowest BCUT2D eigenvalue weighted by atomic mass is 9.98. The molecule has 0 bridgehead atoms. The summed E-state index contributed by atoms with van der Waals surface area (Å²) in [6.45, 7) is 7.53. The molecule has 2 atom stereocenters. The Morgan fingerprint density at radius 3 is 3.07 bits per heavy atom. The molecule has 2 aliphatic heterocycles. The van der Waals surface area contributed by atoms with E-state index in [1.165, 1.54) is 56.9 Å². The van der Waals surface area contributed by atoms with Gasteiger partial charge < -0.3 is 5.32 Å². The molecule has 0 aromatic rings. The SMILES string of the molecule is CC1CCSCCN1CC1CCCNC1. The largest absolute Gasteiger partial charge is 0.316 e. The molecule has 0 saturated carbocycles. The summed E-state index contributed by atoms with van der Waals surface area (Å²) in [5.74, 6) is 3.61. The Labute approximate surface area is 98.2 Å². The summed E-state index contributed by atoms with van der Waals surface area (Å²) in [4.78, 5) is 2.72. The van der Waals surface area contributed by atoms with E-state index in [1.807, 2.05) is 0 Å². The van der Waals surface area contributed by atoms with Gasteiger partial charge in [-0.15, -0.1) is 0 Å². The fourth-order valence-corrected chi connectivity index (χ4v) is 3.70. The number of nitrogens with one attached hydrogen (secondary N) is 1. The maximum Gasteiger partial charge on any atom is 0.00753 e. The van der Waals surface area contributed by atoms with Gasteiger partial charge in [0.1, 0.15) is 0 Å². The quantitative estimate of drug-likeness (QED) is 0.776. The molecular formula is C12H24N2S. The highest BCUT2D eigenvalue weighted by Crippen LogP contribution is 2.19. The third-order valence-electron chi connectivity index (χ3n) is 3.72. The molecule has 1 N–H and O–H groups in total. The minimum atomic E-state index is 0.807. The summed E-state index contributed by atoms with van der Waals surface area (Å²) in [5, 5.41) is 3.52. The average Bonchev–Trinajstić information content (AvgIpc) is 2.46. The van der Waals surface area contributed by atoms with Crippen molar-refractivity contribution in [2.24, 2.45) is 5.92 Å². The molecule has 15 heavy (non-hydrogen) atoms. The van der Waals surface area contributed by atoms with E-state index in [1.54, 1.807) is 0 Å². The lowest BCUT2D eigenvalue weighted by molar-refractivity contribution is 0.171. The highest BCUT2D eigenvalue weighted by molar-refractivity contribution is 7.99. The molecule has 2 rings (SSSR count). The van der Waals surface area contributed by atoms with Crippen LogP contribution in [0, 0.1) is 5.92 Å². The zero-order valence-corrected chi connectivity index (χ0v) is 10.7. The van der Waals surface area contributed by atoms with Gasteiger partial charge in [-0.25, -0.2) is 0 Å². The van der Waals surface area contributed by atoms with E-state index in [0.29, 0.717) is 0 Å². The van der Waals surface area contributed by atoms with Crippen LogP contribution >= 0.6 is 11.8 Å². The molecule has 2 aliphatic rings. The number of hydrogen-bond acceptors (Lipinski definition) is 3. The predicted molar refractivity (Wildman–Crippen MR) is 68.6 cm³/mol. The monoisotopic (exact) mass is 228 g/mol. The Bertz CT molecular complexity index is 180. The van der Waals surface area contributed by atoms with Crippen LogP contribution in [0.3, 0.4) is 0 Å². The zero-order valence-electron chi connectivity index (χ0n) is 9.87. The van der Waals surface area contributed by atoms with E-state index in [2.05, 4.69) is 28.9 Å². The molecule has 0 radical (unpaired) electrons. The molecule has 2 fully saturated rings. The van der Waals surface area contributed by atoms with Crippen molar-refractivity contribution in [3.05, 3.63) is 0 Å². The standard InChI is InChI=1S/C12H24N2S/c1-11-4-7-15-8-6-14(11)10-12-3-2-5-13-9-12/h11-13H,2-10H2,1H3. The summed E-state index contributed by atoms with van der Waals surface area (Å²) < 4.78 is 0. The zero-order chi connectivity index (χ0) is 10.5. The molecule has 0 amide bonds. The van der Waals surface area contributed by atoms with E-state index in [-0.39, 0.29) is 0 Å². The van der Waals surface area contributed by atoms with Crippen LogP contribution < -0.4 is 5.32 Å². The van der Waals surface area contributed by atoms with Crippen LogP contribution in [0.5, 0.6) is 0 Å². The minimum Gasteiger partial charge on any atom is -0.316 e. The van der Waals surface area contributed by atoms with Gasteiger partial charge in [0.15, 0.2) is 0 Å². The summed E-state index contributed by atoms with van der Waals surface area (Å²) in [6, 6.07) is 0.807. The molecular weight excluding hydrogens is 204 g/mol. The first-order chi connectivity index (χ1) is 7.36. The van der Waals surface area contributed by atoms with Crippen LogP contribution in [-0.2, 0) is 0 Å². The van der Waals surface area contributed by atoms with Crippen LogP contribution in [0.15, 0.2) is 0 Å². The third-order valence-corrected chi connectivity index (χ3v) is 4.71. The fraction of sp³-hybridized carbons (Fsp3) is 1.00. The van der Waals surface area contributed by atoms with Gasteiger partial charge in [-0.2, -0.15) is 11.8 Å². The van der Waals surface area contributed by atoms with Crippen molar-refractivity contribution >= 4 is 11.8 Å². The normalized spacial score (nSPS) is 35.0. The Morgan fingerprint density at radius 1 is 1.33 bits per heavy atom. The molecule has 0 spiro atoms. The van der Waals surface area contributed by atoms with E-state index in [0.717, 1.165) is 12.0 Å². The summed E-state index contributed by atoms with van der Waals surface area (Å²) in [5.41, 5.74) is 0. The first-order valence-corrected chi connectivity index (χ1v) is 7.54. The maximum absolute atomic E-state index is 3.52. The van der Waals surface area contributed by atoms with E-state index in [4.69, 9.17) is 0 Å². The van der Waals surface area contributed by atoms with Gasteiger partial charge in [0, 0.05) is 24.9 Å². The number of nitrogens with zero attached hydrogens (tertiary/aromatic N) is 1. The highest BCUT2D eigenvalue weighted by Gasteiger charge is 2.21. The van der Waals surface area contributed by atoms with Gasteiger partial charge in [-0.1, -0.05) is 0 Å². The smallest absolute Gasteiger partial charge is 0.00753 e. The van der Waals surface area contributed by atoms with Gasteiger partial charge in [-0.05, 0) is 50.9 Å². The number of rotatable bonds is 2. The van der Waals surface area contributed by atoms with Crippen LogP contribution in [-0.4, -0.2) is 48.6 Å². The maximum atomic E-state index is 3.52. The second kappa shape index (κ2) is 6.12. The van der Waals surface area contributed by atoms with Crippen molar-refractivity contribution in [3.63, 3.8) is 0 Å². The number of hydrogen-bond donors (Lipinski definition) is 1. The molecule has 2 heterocycles. The molecule has 0 aromatic heterocycles. The van der Waals surface area contributed by atoms with Gasteiger partial charge in [0.25, 0.3) is 0 Å². The van der Waals surface area contributed by atoms with Crippen molar-refractivity contribution in [2.45, 2.75) is 32.2 Å². The van der Waals surface area contributed by atoms with E-state index in [9.17, 15) is 0 Å². The molecule has 2 saturated heterocycles. The Kier molecular flexibility index (Phi) is 4.79. The lowest BCUT2D eigenvalue weighted by Gasteiger charge is -2.32. The van der Waals surface area contributed by atoms with Crippen LogP contribution in [0.2, 0.25) is 0 Å². The topological polar surface area (TPSA) is 15.3 Å². The first-order valence-electron chi connectivity index (χ1n) is 6.39. The number of thioether (sulfide) groups is 1.